The van der Waals surface area contributed by atoms with Crippen LogP contribution in [-0.4, -0.2) is 28.4 Å². The molecule has 6 nitrogen and oxygen atoms in total. The minimum atomic E-state index is -0.575. The Hall–Kier alpha value is -3.15. The molecule has 1 heterocycles. The van der Waals surface area contributed by atoms with E-state index in [1.165, 1.54) is 0 Å². The smallest absolute Gasteiger partial charge is 0.338 e. The van der Waals surface area contributed by atoms with Gasteiger partial charge in [0.05, 0.1) is 22.4 Å². The lowest BCUT2D eigenvalue weighted by Crippen LogP contribution is -2.35. The molecule has 0 fully saturated rings. The molecule has 3 rings (SSSR count). The summed E-state index contributed by atoms with van der Waals surface area (Å²) in [6.45, 7) is 5.38. The van der Waals surface area contributed by atoms with Gasteiger partial charge in [-0.2, -0.15) is 5.01 Å². The van der Waals surface area contributed by atoms with Crippen LogP contribution in [0.1, 0.15) is 51.8 Å². The molecular formula is C19H18N2O4. The van der Waals surface area contributed by atoms with Gasteiger partial charge in [0, 0.05) is 0 Å². The molecular weight excluding hydrogens is 320 g/mol. The summed E-state index contributed by atoms with van der Waals surface area (Å²) in [5.41, 5.74) is 3.85. The maximum Gasteiger partial charge on any atom is 0.338 e. The molecule has 0 spiro atoms. The highest BCUT2D eigenvalue weighted by molar-refractivity contribution is 6.21. The Labute approximate surface area is 145 Å². The Morgan fingerprint density at radius 1 is 0.920 bits per heavy atom. The van der Waals surface area contributed by atoms with Crippen molar-refractivity contribution >= 4 is 23.5 Å². The third-order valence-corrected chi connectivity index (χ3v) is 3.55. The number of carbonyl (C=O) groups is 3. The van der Waals surface area contributed by atoms with Gasteiger partial charge in [-0.25, -0.2) is 4.79 Å². The maximum absolute atomic E-state index is 12.3. The fourth-order valence-corrected chi connectivity index (χ4v) is 2.44. The average Bonchev–Trinajstić information content (AvgIpc) is 2.79. The van der Waals surface area contributed by atoms with Gasteiger partial charge in [-0.3, -0.25) is 15.0 Å². The first-order chi connectivity index (χ1) is 11.8. The highest BCUT2D eigenvalue weighted by Gasteiger charge is 2.35. The first kappa shape index (κ1) is 16.7. The average molecular weight is 338 g/mol. The van der Waals surface area contributed by atoms with Gasteiger partial charge in [-0.15, -0.1) is 0 Å². The topological polar surface area (TPSA) is 75.7 Å². The largest absolute Gasteiger partial charge is 0.456 e. The summed E-state index contributed by atoms with van der Waals surface area (Å²) in [6, 6.07) is 13.0. The first-order valence-electron chi connectivity index (χ1n) is 7.84. The van der Waals surface area contributed by atoms with E-state index in [1.54, 1.807) is 69.3 Å². The van der Waals surface area contributed by atoms with Crippen molar-refractivity contribution in [2.24, 2.45) is 0 Å². The second kappa shape index (κ2) is 6.05. The number of hydrogen-bond acceptors (Lipinski definition) is 5. The molecule has 2 aromatic carbocycles. The molecule has 0 radical (unpaired) electrons. The number of carbonyl (C=O) groups excluding carboxylic acids is 3. The zero-order chi connectivity index (χ0) is 18.2. The molecule has 0 unspecified atom stereocenters. The fraction of sp³-hybridized carbons (Fsp3) is 0.211. The zero-order valence-corrected chi connectivity index (χ0v) is 14.2. The van der Waals surface area contributed by atoms with E-state index < -0.39 is 23.4 Å². The van der Waals surface area contributed by atoms with Gasteiger partial charge < -0.3 is 4.74 Å². The number of rotatable bonds is 3. The van der Waals surface area contributed by atoms with Gasteiger partial charge in [0.25, 0.3) is 11.8 Å². The third-order valence-electron chi connectivity index (χ3n) is 3.55. The van der Waals surface area contributed by atoms with Crippen LogP contribution in [0.4, 0.5) is 5.69 Å². The van der Waals surface area contributed by atoms with E-state index in [1.807, 2.05) is 0 Å². The molecule has 6 heteroatoms. The van der Waals surface area contributed by atoms with Gasteiger partial charge in [-0.05, 0) is 57.2 Å². The van der Waals surface area contributed by atoms with Crippen molar-refractivity contribution in [3.63, 3.8) is 0 Å². The van der Waals surface area contributed by atoms with E-state index in [0.29, 0.717) is 22.4 Å². The van der Waals surface area contributed by atoms with Crippen molar-refractivity contribution < 1.29 is 19.1 Å². The van der Waals surface area contributed by atoms with Gasteiger partial charge in [0.2, 0.25) is 0 Å². The van der Waals surface area contributed by atoms with Crippen LogP contribution in [-0.2, 0) is 4.74 Å². The number of amides is 2. The number of imide groups is 1. The summed E-state index contributed by atoms with van der Waals surface area (Å²) in [7, 11) is 0. The SMILES string of the molecule is CC(C)(C)OC(=O)c1ccc(NN2C(=O)c3ccccc3C2=O)cc1. The number of nitrogens with zero attached hydrogens (tertiary/aromatic N) is 1. The van der Waals surface area contributed by atoms with Crippen LogP contribution in [0.2, 0.25) is 0 Å². The van der Waals surface area contributed by atoms with Crippen molar-refractivity contribution in [1.82, 2.24) is 5.01 Å². The monoisotopic (exact) mass is 338 g/mol. The summed E-state index contributed by atoms with van der Waals surface area (Å²) >= 11 is 0. The van der Waals surface area contributed by atoms with E-state index in [2.05, 4.69) is 5.43 Å². The van der Waals surface area contributed by atoms with E-state index in [0.717, 1.165) is 5.01 Å². The van der Waals surface area contributed by atoms with E-state index in [9.17, 15) is 14.4 Å². The number of fused-ring (bicyclic) bond motifs is 1. The molecule has 25 heavy (non-hydrogen) atoms. The number of benzene rings is 2. The van der Waals surface area contributed by atoms with Crippen LogP contribution in [0.3, 0.4) is 0 Å². The zero-order valence-electron chi connectivity index (χ0n) is 14.2. The van der Waals surface area contributed by atoms with Crippen LogP contribution in [0.25, 0.3) is 0 Å². The predicted molar refractivity (Wildman–Crippen MR) is 92.2 cm³/mol. The molecule has 0 saturated heterocycles. The highest BCUT2D eigenvalue weighted by Crippen LogP contribution is 2.23. The van der Waals surface area contributed by atoms with Crippen molar-refractivity contribution in [2.75, 3.05) is 5.43 Å². The second-order valence-corrected chi connectivity index (χ2v) is 6.68. The van der Waals surface area contributed by atoms with Crippen LogP contribution >= 0.6 is 0 Å². The number of nitrogens with one attached hydrogen (secondary N) is 1. The number of esters is 1. The Bertz CT molecular complexity index is 815. The third kappa shape index (κ3) is 3.38. The lowest BCUT2D eigenvalue weighted by atomic mass is 10.1. The van der Waals surface area contributed by atoms with E-state index >= 15 is 0 Å². The molecule has 1 aliphatic rings. The molecule has 1 aliphatic heterocycles. The van der Waals surface area contributed by atoms with Crippen molar-refractivity contribution in [2.45, 2.75) is 26.4 Å². The maximum atomic E-state index is 12.3. The Balaban J connectivity index is 1.74. The lowest BCUT2D eigenvalue weighted by molar-refractivity contribution is 0.00692. The molecule has 2 amide bonds. The Morgan fingerprint density at radius 3 is 1.92 bits per heavy atom. The number of hydrazine groups is 1. The quantitative estimate of drug-likeness (QED) is 0.687. The van der Waals surface area contributed by atoms with Crippen molar-refractivity contribution in [3.05, 3.63) is 65.2 Å². The lowest BCUT2D eigenvalue weighted by Gasteiger charge is -2.20. The van der Waals surface area contributed by atoms with Crippen molar-refractivity contribution in [1.29, 1.82) is 0 Å². The Kier molecular flexibility index (Phi) is 4.04. The predicted octanol–water partition coefficient (Wildman–Crippen LogP) is 3.27. The van der Waals surface area contributed by atoms with Crippen LogP contribution in [0, 0.1) is 0 Å². The summed E-state index contributed by atoms with van der Waals surface area (Å²) in [4.78, 5) is 36.6. The minimum absolute atomic E-state index is 0.366. The Morgan fingerprint density at radius 2 is 1.44 bits per heavy atom. The molecule has 0 aliphatic carbocycles. The molecule has 2 aromatic rings. The molecule has 1 N–H and O–H groups in total. The number of hydrogen-bond donors (Lipinski definition) is 1. The van der Waals surface area contributed by atoms with Crippen LogP contribution in [0.5, 0.6) is 0 Å². The van der Waals surface area contributed by atoms with Crippen LogP contribution in [0.15, 0.2) is 48.5 Å². The summed E-state index contributed by atoms with van der Waals surface area (Å²) in [6.07, 6.45) is 0. The first-order valence-corrected chi connectivity index (χ1v) is 7.84. The number of anilines is 1. The number of ether oxygens (including phenoxy) is 1. The van der Waals surface area contributed by atoms with Gasteiger partial charge in [-0.1, -0.05) is 12.1 Å². The summed E-state index contributed by atoms with van der Waals surface area (Å²) in [5, 5.41) is 0.965. The normalized spacial score (nSPS) is 13.6. The molecule has 128 valence electrons. The minimum Gasteiger partial charge on any atom is -0.456 e. The van der Waals surface area contributed by atoms with E-state index in [-0.39, 0.29) is 0 Å². The molecule has 0 bridgehead atoms. The second-order valence-electron chi connectivity index (χ2n) is 6.68. The van der Waals surface area contributed by atoms with Gasteiger partial charge >= 0.3 is 5.97 Å². The van der Waals surface area contributed by atoms with Crippen molar-refractivity contribution in [3.8, 4) is 0 Å². The molecule has 0 aromatic heterocycles. The van der Waals surface area contributed by atoms with Crippen LogP contribution < -0.4 is 5.43 Å². The molecule has 0 saturated carbocycles. The van der Waals surface area contributed by atoms with Gasteiger partial charge in [0.1, 0.15) is 5.60 Å². The van der Waals surface area contributed by atoms with E-state index in [4.69, 9.17) is 4.74 Å². The van der Waals surface area contributed by atoms with Gasteiger partial charge in [0.15, 0.2) is 0 Å². The molecule has 0 atom stereocenters. The standard InChI is InChI=1S/C19H18N2O4/c1-19(2,3)25-18(24)12-8-10-13(11-9-12)20-21-16(22)14-6-4-5-7-15(14)17(21)23/h4-11,20H,1-3H3. The fourth-order valence-electron chi connectivity index (χ4n) is 2.44. The summed E-state index contributed by atoms with van der Waals surface area (Å²) in [5.74, 6) is -1.24. The highest BCUT2D eigenvalue weighted by atomic mass is 16.6. The summed E-state index contributed by atoms with van der Waals surface area (Å²) < 4.78 is 5.30.